The third-order valence-electron chi connectivity index (χ3n) is 2.36. The lowest BCUT2D eigenvalue weighted by molar-refractivity contribution is 0.718. The molecule has 0 aliphatic rings. The van der Waals surface area contributed by atoms with Crippen molar-refractivity contribution in [3.05, 3.63) is 55.4 Å². The van der Waals surface area contributed by atoms with Crippen molar-refractivity contribution < 1.29 is 0 Å². The molecule has 2 rings (SSSR count). The molecule has 0 amide bonds. The van der Waals surface area contributed by atoms with Crippen LogP contribution in [0.15, 0.2) is 38.6 Å². The molecule has 5 nitrogen and oxygen atoms in total. The molecule has 2 aromatic heterocycles. The fraction of sp³-hybridized carbons (Fsp3) is 0.182. The number of aryl methyl sites for hydroxylation is 2. The summed E-state index contributed by atoms with van der Waals surface area (Å²) in [6.07, 6.45) is 3.06. The molecule has 17 heavy (non-hydrogen) atoms. The van der Waals surface area contributed by atoms with E-state index in [1.807, 2.05) is 0 Å². The second-order valence-electron chi connectivity index (χ2n) is 3.68. The van der Waals surface area contributed by atoms with Gasteiger partial charge < -0.3 is 4.57 Å². The second kappa shape index (κ2) is 4.29. The van der Waals surface area contributed by atoms with Crippen LogP contribution < -0.4 is 11.2 Å². The normalized spacial score (nSPS) is 10.5. The molecule has 0 N–H and O–H groups in total. The summed E-state index contributed by atoms with van der Waals surface area (Å²) in [5.74, 6) is 0.322. The molecule has 2 aromatic rings. The predicted octanol–water partition coefficient (Wildman–Crippen LogP) is 1.00. The van der Waals surface area contributed by atoms with Crippen molar-refractivity contribution in [3.63, 3.8) is 0 Å². The molecule has 0 saturated carbocycles. The van der Waals surface area contributed by atoms with Crippen LogP contribution in [0, 0.1) is 6.92 Å². The minimum absolute atomic E-state index is 0.322. The number of hydrogen-bond donors (Lipinski definition) is 0. The molecular formula is C11H10BrN3O2. The lowest BCUT2D eigenvalue weighted by atomic mass is 10.3. The molecule has 0 atom stereocenters. The van der Waals surface area contributed by atoms with Crippen molar-refractivity contribution in [3.8, 4) is 5.82 Å². The van der Waals surface area contributed by atoms with E-state index in [4.69, 9.17) is 0 Å². The van der Waals surface area contributed by atoms with Crippen LogP contribution in [0.4, 0.5) is 0 Å². The van der Waals surface area contributed by atoms with E-state index < -0.39 is 5.69 Å². The van der Waals surface area contributed by atoms with Crippen LogP contribution in [-0.2, 0) is 7.05 Å². The molecule has 6 heteroatoms. The summed E-state index contributed by atoms with van der Waals surface area (Å²) in [4.78, 5) is 27.9. The molecule has 0 saturated heterocycles. The number of rotatable bonds is 1. The van der Waals surface area contributed by atoms with E-state index in [2.05, 4.69) is 20.9 Å². The maximum absolute atomic E-state index is 11.9. The molecule has 0 aliphatic carbocycles. The van der Waals surface area contributed by atoms with Crippen LogP contribution in [0.25, 0.3) is 5.82 Å². The van der Waals surface area contributed by atoms with Crippen LogP contribution in [0.2, 0.25) is 0 Å². The first-order valence-corrected chi connectivity index (χ1v) is 5.71. The minimum atomic E-state index is -0.407. The van der Waals surface area contributed by atoms with Crippen molar-refractivity contribution >= 4 is 15.9 Å². The van der Waals surface area contributed by atoms with Gasteiger partial charge in [0.15, 0.2) is 0 Å². The summed E-state index contributed by atoms with van der Waals surface area (Å²) in [6.45, 7) is 1.66. The average Bonchev–Trinajstić information content (AvgIpc) is 2.29. The molecule has 0 spiro atoms. The topological polar surface area (TPSA) is 56.9 Å². The highest BCUT2D eigenvalue weighted by Gasteiger charge is 2.09. The highest BCUT2D eigenvalue weighted by atomic mass is 79.9. The van der Waals surface area contributed by atoms with Gasteiger partial charge in [0.25, 0.3) is 5.56 Å². The number of halogens is 1. The van der Waals surface area contributed by atoms with E-state index >= 15 is 0 Å². The van der Waals surface area contributed by atoms with Crippen molar-refractivity contribution in [2.75, 3.05) is 0 Å². The molecule has 0 aliphatic heterocycles. The number of pyridine rings is 1. The molecule has 2 heterocycles. The Morgan fingerprint density at radius 1 is 1.29 bits per heavy atom. The van der Waals surface area contributed by atoms with Crippen LogP contribution in [0.1, 0.15) is 5.56 Å². The summed E-state index contributed by atoms with van der Waals surface area (Å²) in [7, 11) is 1.60. The fourth-order valence-electron chi connectivity index (χ4n) is 1.52. The molecule has 0 bridgehead atoms. The zero-order valence-corrected chi connectivity index (χ0v) is 10.9. The van der Waals surface area contributed by atoms with Gasteiger partial charge in [-0.2, -0.15) is 0 Å². The van der Waals surface area contributed by atoms with Gasteiger partial charge in [-0.3, -0.25) is 4.79 Å². The molecular weight excluding hydrogens is 286 g/mol. The molecule has 0 unspecified atom stereocenters. The van der Waals surface area contributed by atoms with E-state index in [9.17, 15) is 9.59 Å². The Bertz CT molecular complexity index is 636. The highest BCUT2D eigenvalue weighted by molar-refractivity contribution is 9.10. The summed E-state index contributed by atoms with van der Waals surface area (Å²) < 4.78 is 3.21. The largest absolute Gasteiger partial charge is 0.336 e. The zero-order valence-electron chi connectivity index (χ0n) is 9.35. The third-order valence-corrected chi connectivity index (χ3v) is 2.83. The Balaban J connectivity index is 2.80. The first kappa shape index (κ1) is 11.8. The van der Waals surface area contributed by atoms with Gasteiger partial charge in [-0.25, -0.2) is 14.3 Å². The first-order chi connectivity index (χ1) is 8.00. The van der Waals surface area contributed by atoms with E-state index in [1.165, 1.54) is 10.8 Å². The Morgan fingerprint density at radius 2 is 2.00 bits per heavy atom. The Labute approximate surface area is 105 Å². The number of hydrogen-bond acceptors (Lipinski definition) is 3. The van der Waals surface area contributed by atoms with Crippen molar-refractivity contribution in [1.82, 2.24) is 14.1 Å². The standard InChI is InChI=1S/C11H10BrN3O2/c1-7-6-14(2)11(17)15(10(7)16)9-4-3-8(12)5-13-9/h3-6H,1-2H3. The average molecular weight is 296 g/mol. The van der Waals surface area contributed by atoms with Crippen LogP contribution in [0.5, 0.6) is 0 Å². The summed E-state index contributed by atoms with van der Waals surface area (Å²) >= 11 is 3.25. The Kier molecular flexibility index (Phi) is 2.97. The van der Waals surface area contributed by atoms with Crippen molar-refractivity contribution in [2.24, 2.45) is 7.05 Å². The zero-order chi connectivity index (χ0) is 12.6. The van der Waals surface area contributed by atoms with Crippen LogP contribution in [-0.4, -0.2) is 14.1 Å². The maximum atomic E-state index is 11.9. The van der Waals surface area contributed by atoms with Crippen LogP contribution in [0.3, 0.4) is 0 Å². The molecule has 0 radical (unpaired) electrons. The van der Waals surface area contributed by atoms with Gasteiger partial charge in [0, 0.05) is 29.5 Å². The van der Waals surface area contributed by atoms with E-state index in [1.54, 1.807) is 32.3 Å². The first-order valence-electron chi connectivity index (χ1n) is 4.92. The fourth-order valence-corrected chi connectivity index (χ4v) is 1.76. The SMILES string of the molecule is Cc1cn(C)c(=O)n(-c2ccc(Br)cn2)c1=O. The van der Waals surface area contributed by atoms with Gasteiger partial charge in [0.1, 0.15) is 5.82 Å². The number of aromatic nitrogens is 3. The van der Waals surface area contributed by atoms with E-state index in [0.717, 1.165) is 9.04 Å². The smallest absolute Gasteiger partial charge is 0.303 e. The number of nitrogens with zero attached hydrogens (tertiary/aromatic N) is 3. The third kappa shape index (κ3) is 2.08. The van der Waals surface area contributed by atoms with Gasteiger partial charge in [-0.05, 0) is 35.0 Å². The lowest BCUT2D eigenvalue weighted by Crippen LogP contribution is -2.38. The monoisotopic (exact) mass is 295 g/mol. The van der Waals surface area contributed by atoms with Gasteiger partial charge in [0.05, 0.1) is 0 Å². The molecule has 0 aromatic carbocycles. The van der Waals surface area contributed by atoms with Gasteiger partial charge >= 0.3 is 5.69 Å². The quantitative estimate of drug-likeness (QED) is 0.789. The van der Waals surface area contributed by atoms with Gasteiger partial charge in [-0.15, -0.1) is 0 Å². The summed E-state index contributed by atoms with van der Waals surface area (Å²) in [5.41, 5.74) is -0.254. The van der Waals surface area contributed by atoms with Crippen molar-refractivity contribution in [1.29, 1.82) is 0 Å². The molecule has 0 fully saturated rings. The van der Waals surface area contributed by atoms with Crippen LogP contribution >= 0.6 is 15.9 Å². The summed E-state index contributed by atoms with van der Waals surface area (Å²) in [5, 5.41) is 0. The second-order valence-corrected chi connectivity index (χ2v) is 4.60. The lowest BCUT2D eigenvalue weighted by Gasteiger charge is -2.07. The van der Waals surface area contributed by atoms with E-state index in [0.29, 0.717) is 11.4 Å². The Hall–Kier alpha value is -1.69. The van der Waals surface area contributed by atoms with Gasteiger partial charge in [-0.1, -0.05) is 0 Å². The summed E-state index contributed by atoms with van der Waals surface area (Å²) in [6, 6.07) is 3.35. The predicted molar refractivity (Wildman–Crippen MR) is 67.5 cm³/mol. The van der Waals surface area contributed by atoms with E-state index in [-0.39, 0.29) is 5.56 Å². The van der Waals surface area contributed by atoms with Crippen molar-refractivity contribution in [2.45, 2.75) is 6.92 Å². The highest BCUT2D eigenvalue weighted by Crippen LogP contribution is 2.08. The minimum Gasteiger partial charge on any atom is -0.303 e. The van der Waals surface area contributed by atoms with Gasteiger partial charge in [0.2, 0.25) is 0 Å². The Morgan fingerprint density at radius 3 is 2.59 bits per heavy atom. The maximum Gasteiger partial charge on any atom is 0.336 e. The molecule has 88 valence electrons.